The molecule has 114 valence electrons. The zero-order chi connectivity index (χ0) is 15.6. The number of alkyl halides is 3. The van der Waals surface area contributed by atoms with Crippen molar-refractivity contribution in [1.29, 1.82) is 0 Å². The van der Waals surface area contributed by atoms with Gasteiger partial charge in [0.2, 0.25) is 0 Å². The molecule has 21 heavy (non-hydrogen) atoms. The number of nitrogens with one attached hydrogen (secondary N) is 1. The number of thiophene rings is 1. The molecule has 1 heterocycles. The Morgan fingerprint density at radius 2 is 1.95 bits per heavy atom. The molecule has 1 aromatic carbocycles. The normalized spacial score (nSPS) is 13.0. The zero-order valence-corrected chi connectivity index (χ0v) is 12.7. The highest BCUT2D eigenvalue weighted by molar-refractivity contribution is 7.10. The van der Waals surface area contributed by atoms with Gasteiger partial charge in [0.1, 0.15) is 5.75 Å². The number of methoxy groups -OCH3 is 1. The summed E-state index contributed by atoms with van der Waals surface area (Å²) in [4.78, 5) is 1.03. The standard InChI is InChI=1S/C15H16F3NOS/c1-9-6-7-21-14(9)10(2)19-13-5-4-11(20-3)8-12(13)15(16,17)18/h4-8,10,19H,1-3H3. The molecule has 6 heteroatoms. The van der Waals surface area contributed by atoms with Crippen LogP contribution in [0.25, 0.3) is 0 Å². The zero-order valence-electron chi connectivity index (χ0n) is 11.9. The molecule has 1 N–H and O–H groups in total. The van der Waals surface area contributed by atoms with Crippen LogP contribution in [-0.2, 0) is 6.18 Å². The number of anilines is 1. The van der Waals surface area contributed by atoms with Crippen molar-refractivity contribution < 1.29 is 17.9 Å². The number of rotatable bonds is 4. The lowest BCUT2D eigenvalue weighted by Crippen LogP contribution is -2.13. The van der Waals surface area contributed by atoms with Crippen molar-refractivity contribution >= 4 is 17.0 Å². The average Bonchev–Trinajstić information content (AvgIpc) is 2.84. The Morgan fingerprint density at radius 3 is 2.48 bits per heavy atom. The first-order chi connectivity index (χ1) is 9.82. The smallest absolute Gasteiger partial charge is 0.418 e. The van der Waals surface area contributed by atoms with Gasteiger partial charge >= 0.3 is 6.18 Å². The maximum absolute atomic E-state index is 13.1. The molecule has 2 aromatic rings. The third-order valence-corrected chi connectivity index (χ3v) is 4.40. The Labute approximate surface area is 125 Å². The van der Waals surface area contributed by atoms with Crippen LogP contribution in [0.4, 0.5) is 18.9 Å². The van der Waals surface area contributed by atoms with Gasteiger partial charge in [-0.05, 0) is 49.1 Å². The van der Waals surface area contributed by atoms with Gasteiger partial charge in [-0.15, -0.1) is 11.3 Å². The Hall–Kier alpha value is -1.69. The van der Waals surface area contributed by atoms with Gasteiger partial charge in [-0.1, -0.05) is 0 Å². The van der Waals surface area contributed by atoms with Crippen molar-refractivity contribution in [3.8, 4) is 5.75 Å². The molecule has 0 radical (unpaired) electrons. The highest BCUT2D eigenvalue weighted by Crippen LogP contribution is 2.39. The Kier molecular flexibility index (Phi) is 4.46. The molecule has 1 unspecified atom stereocenters. The first-order valence-corrected chi connectivity index (χ1v) is 7.26. The maximum Gasteiger partial charge on any atom is 0.418 e. The molecule has 0 aliphatic rings. The van der Waals surface area contributed by atoms with E-state index >= 15 is 0 Å². The van der Waals surface area contributed by atoms with E-state index in [9.17, 15) is 13.2 Å². The third kappa shape index (κ3) is 3.50. The fraction of sp³-hybridized carbons (Fsp3) is 0.333. The molecule has 0 bridgehead atoms. The molecule has 0 saturated heterocycles. The Bertz CT molecular complexity index is 622. The first kappa shape index (κ1) is 15.7. The Morgan fingerprint density at radius 1 is 1.24 bits per heavy atom. The predicted molar refractivity (Wildman–Crippen MR) is 79.1 cm³/mol. The minimum atomic E-state index is -4.43. The summed E-state index contributed by atoms with van der Waals surface area (Å²) >= 11 is 1.53. The summed E-state index contributed by atoms with van der Waals surface area (Å²) in [6.45, 7) is 3.80. The number of aryl methyl sites for hydroxylation is 1. The molecular weight excluding hydrogens is 299 g/mol. The van der Waals surface area contributed by atoms with Gasteiger partial charge in [0.05, 0.1) is 18.7 Å². The topological polar surface area (TPSA) is 21.3 Å². The van der Waals surface area contributed by atoms with E-state index in [2.05, 4.69) is 5.32 Å². The largest absolute Gasteiger partial charge is 0.497 e. The summed E-state index contributed by atoms with van der Waals surface area (Å²) in [5, 5.41) is 4.88. The second-order valence-corrected chi connectivity index (χ2v) is 5.69. The van der Waals surface area contributed by atoms with Crippen molar-refractivity contribution in [2.45, 2.75) is 26.1 Å². The summed E-state index contributed by atoms with van der Waals surface area (Å²) in [7, 11) is 1.35. The average molecular weight is 315 g/mol. The summed E-state index contributed by atoms with van der Waals surface area (Å²) < 4.78 is 44.3. The lowest BCUT2D eigenvalue weighted by atomic mass is 10.1. The number of benzene rings is 1. The summed E-state index contributed by atoms with van der Waals surface area (Å²) in [6.07, 6.45) is -4.43. The van der Waals surface area contributed by atoms with Crippen molar-refractivity contribution in [2.75, 3.05) is 12.4 Å². The van der Waals surface area contributed by atoms with E-state index < -0.39 is 11.7 Å². The fourth-order valence-electron chi connectivity index (χ4n) is 2.14. The van der Waals surface area contributed by atoms with Crippen LogP contribution < -0.4 is 10.1 Å². The quantitative estimate of drug-likeness (QED) is 0.831. The van der Waals surface area contributed by atoms with E-state index in [0.29, 0.717) is 0 Å². The van der Waals surface area contributed by atoms with Crippen LogP contribution >= 0.6 is 11.3 Å². The van der Waals surface area contributed by atoms with Crippen LogP contribution in [0.3, 0.4) is 0 Å². The summed E-state index contributed by atoms with van der Waals surface area (Å²) in [5.74, 6) is 0.188. The second kappa shape index (κ2) is 5.97. The van der Waals surface area contributed by atoms with E-state index in [0.717, 1.165) is 16.5 Å². The van der Waals surface area contributed by atoms with E-state index in [4.69, 9.17) is 4.74 Å². The molecule has 0 fully saturated rings. The lowest BCUT2D eigenvalue weighted by Gasteiger charge is -2.20. The molecule has 0 aliphatic heterocycles. The lowest BCUT2D eigenvalue weighted by molar-refractivity contribution is -0.137. The predicted octanol–water partition coefficient (Wildman–Crippen LogP) is 5.26. The molecular formula is C15H16F3NOS. The molecule has 0 amide bonds. The van der Waals surface area contributed by atoms with Crippen molar-refractivity contribution in [3.63, 3.8) is 0 Å². The fourth-order valence-corrected chi connectivity index (χ4v) is 3.07. The van der Waals surface area contributed by atoms with Crippen LogP contribution in [0.2, 0.25) is 0 Å². The minimum absolute atomic E-state index is 0.0589. The van der Waals surface area contributed by atoms with Gasteiger partial charge < -0.3 is 10.1 Å². The minimum Gasteiger partial charge on any atom is -0.497 e. The van der Waals surface area contributed by atoms with E-state index in [1.54, 1.807) is 0 Å². The van der Waals surface area contributed by atoms with Crippen LogP contribution in [-0.4, -0.2) is 7.11 Å². The third-order valence-electron chi connectivity index (χ3n) is 3.20. The molecule has 0 saturated carbocycles. The number of hydrogen-bond donors (Lipinski definition) is 1. The first-order valence-electron chi connectivity index (χ1n) is 6.38. The highest BCUT2D eigenvalue weighted by atomic mass is 32.1. The molecule has 1 atom stereocenters. The van der Waals surface area contributed by atoms with E-state index in [-0.39, 0.29) is 17.5 Å². The number of halogens is 3. The molecule has 2 nitrogen and oxygen atoms in total. The molecule has 2 rings (SSSR count). The number of hydrogen-bond acceptors (Lipinski definition) is 3. The molecule has 0 aliphatic carbocycles. The second-order valence-electron chi connectivity index (χ2n) is 4.74. The Balaban J connectivity index is 2.33. The van der Waals surface area contributed by atoms with Gasteiger partial charge in [0.25, 0.3) is 0 Å². The monoisotopic (exact) mass is 315 g/mol. The highest BCUT2D eigenvalue weighted by Gasteiger charge is 2.34. The van der Waals surface area contributed by atoms with Crippen LogP contribution in [0.5, 0.6) is 5.75 Å². The van der Waals surface area contributed by atoms with E-state index in [1.165, 1.54) is 30.6 Å². The van der Waals surface area contributed by atoms with Crippen LogP contribution in [0, 0.1) is 6.92 Å². The van der Waals surface area contributed by atoms with Crippen LogP contribution in [0.1, 0.15) is 29.0 Å². The van der Waals surface area contributed by atoms with Crippen molar-refractivity contribution in [2.24, 2.45) is 0 Å². The van der Waals surface area contributed by atoms with Gasteiger partial charge in [-0.25, -0.2) is 0 Å². The summed E-state index contributed by atoms with van der Waals surface area (Å²) in [6, 6.07) is 5.69. The van der Waals surface area contributed by atoms with Crippen LogP contribution in [0.15, 0.2) is 29.6 Å². The number of ether oxygens (including phenoxy) is 1. The SMILES string of the molecule is COc1ccc(NC(C)c2sccc2C)c(C(F)(F)F)c1. The maximum atomic E-state index is 13.1. The van der Waals surface area contributed by atoms with Crippen molar-refractivity contribution in [3.05, 3.63) is 45.6 Å². The van der Waals surface area contributed by atoms with Gasteiger partial charge in [-0.3, -0.25) is 0 Å². The van der Waals surface area contributed by atoms with Gasteiger partial charge in [-0.2, -0.15) is 13.2 Å². The van der Waals surface area contributed by atoms with E-state index in [1.807, 2.05) is 25.3 Å². The molecule has 1 aromatic heterocycles. The molecule has 0 spiro atoms. The summed E-state index contributed by atoms with van der Waals surface area (Å²) in [5.41, 5.74) is 0.411. The van der Waals surface area contributed by atoms with Gasteiger partial charge in [0, 0.05) is 10.6 Å². The van der Waals surface area contributed by atoms with Gasteiger partial charge in [0.15, 0.2) is 0 Å². The van der Waals surface area contributed by atoms with Crippen molar-refractivity contribution in [1.82, 2.24) is 0 Å².